The van der Waals surface area contributed by atoms with Crippen LogP contribution in [0.2, 0.25) is 0 Å². The van der Waals surface area contributed by atoms with Gasteiger partial charge in [-0.2, -0.15) is 0 Å². The van der Waals surface area contributed by atoms with E-state index in [-0.39, 0.29) is 46.1 Å². The molecule has 1 aromatic rings. The Morgan fingerprint density at radius 3 is 1.73 bits per heavy atom. The zero-order chi connectivity index (χ0) is 16.6. The first-order chi connectivity index (χ1) is 9.34. The van der Waals surface area contributed by atoms with Gasteiger partial charge in [-0.1, -0.05) is 60.6 Å². The fourth-order valence-corrected chi connectivity index (χ4v) is 2.36. The maximum atomic E-state index is 12.7. The number of benzene rings is 1. The first-order valence-electron chi connectivity index (χ1n) is 7.41. The number of hydrogen-bond donors (Lipinski definition) is 1. The second kappa shape index (κ2) is 7.37. The summed E-state index contributed by atoms with van der Waals surface area (Å²) in [5, 5.41) is 21.8. The Balaban J connectivity index is 0.00000441. The van der Waals surface area contributed by atoms with Crippen molar-refractivity contribution < 1.29 is 44.6 Å². The average molecular weight is 314 g/mol. The van der Waals surface area contributed by atoms with Crippen molar-refractivity contribution in [1.82, 2.24) is 0 Å². The molecule has 1 aromatic carbocycles. The molecule has 1 unspecified atom stereocenters. The van der Waals surface area contributed by atoms with Gasteiger partial charge in [0.25, 0.3) is 0 Å². The van der Waals surface area contributed by atoms with Gasteiger partial charge in [0.2, 0.25) is 0 Å². The molecule has 0 aliphatic rings. The molecule has 22 heavy (non-hydrogen) atoms. The van der Waals surface area contributed by atoms with E-state index < -0.39 is 11.9 Å². The van der Waals surface area contributed by atoms with Gasteiger partial charge in [-0.3, -0.25) is 4.79 Å². The van der Waals surface area contributed by atoms with Gasteiger partial charge in [-0.05, 0) is 33.9 Å². The van der Waals surface area contributed by atoms with Gasteiger partial charge in [0.05, 0.1) is 5.92 Å². The SMILES string of the molecule is CC(Cc1cc(C(C)(C)C)c([O-])c(C(C)(C)C)c1)C(=O)O.[Na+]. The molecule has 0 aromatic heterocycles. The van der Waals surface area contributed by atoms with E-state index >= 15 is 0 Å². The molecular formula is C18H27NaO3. The Labute approximate surface area is 156 Å². The van der Waals surface area contributed by atoms with Crippen molar-refractivity contribution in [1.29, 1.82) is 0 Å². The third-order valence-electron chi connectivity index (χ3n) is 3.73. The molecule has 0 radical (unpaired) electrons. The number of hydrogen-bond acceptors (Lipinski definition) is 2. The summed E-state index contributed by atoms with van der Waals surface area (Å²) in [5.41, 5.74) is 1.96. The molecule has 0 fully saturated rings. The van der Waals surface area contributed by atoms with Gasteiger partial charge in [0.1, 0.15) is 0 Å². The summed E-state index contributed by atoms with van der Waals surface area (Å²) < 4.78 is 0. The van der Waals surface area contributed by atoms with Crippen LogP contribution in [0.1, 0.15) is 65.2 Å². The summed E-state index contributed by atoms with van der Waals surface area (Å²) in [4.78, 5) is 11.1. The molecule has 1 rings (SSSR count). The Bertz CT molecular complexity index is 501. The molecule has 0 saturated heterocycles. The van der Waals surface area contributed by atoms with Crippen LogP contribution in [0.4, 0.5) is 0 Å². The minimum absolute atomic E-state index is 0. The van der Waals surface area contributed by atoms with E-state index in [0.29, 0.717) is 6.42 Å². The molecular weight excluding hydrogens is 287 g/mol. The zero-order valence-corrected chi connectivity index (χ0v) is 17.2. The molecule has 0 spiro atoms. The number of carboxylic acids is 1. The number of aliphatic carboxylic acids is 1. The molecule has 1 atom stereocenters. The summed E-state index contributed by atoms with van der Waals surface area (Å²) in [6.45, 7) is 13.8. The van der Waals surface area contributed by atoms with Crippen LogP contribution in [-0.2, 0) is 22.0 Å². The Morgan fingerprint density at radius 2 is 1.45 bits per heavy atom. The first-order valence-corrected chi connectivity index (χ1v) is 7.41. The molecule has 0 heterocycles. The summed E-state index contributed by atoms with van der Waals surface area (Å²) in [7, 11) is 0. The Hall–Kier alpha value is -0.510. The van der Waals surface area contributed by atoms with Crippen LogP contribution < -0.4 is 34.7 Å². The predicted octanol–water partition coefficient (Wildman–Crippen LogP) is 0.622. The van der Waals surface area contributed by atoms with Gasteiger partial charge in [-0.25, -0.2) is 0 Å². The van der Waals surface area contributed by atoms with E-state index in [9.17, 15) is 9.90 Å². The van der Waals surface area contributed by atoms with Crippen molar-refractivity contribution in [3.05, 3.63) is 28.8 Å². The van der Waals surface area contributed by atoms with Gasteiger partial charge in [-0.15, -0.1) is 5.75 Å². The van der Waals surface area contributed by atoms with E-state index in [1.54, 1.807) is 6.92 Å². The maximum absolute atomic E-state index is 12.7. The van der Waals surface area contributed by atoms with Gasteiger partial charge >= 0.3 is 35.5 Å². The minimum Gasteiger partial charge on any atom is -0.872 e. The summed E-state index contributed by atoms with van der Waals surface area (Å²) >= 11 is 0. The van der Waals surface area contributed by atoms with Gasteiger partial charge < -0.3 is 10.2 Å². The van der Waals surface area contributed by atoms with Crippen LogP contribution in [0.25, 0.3) is 0 Å². The Morgan fingerprint density at radius 1 is 1.09 bits per heavy atom. The smallest absolute Gasteiger partial charge is 0.872 e. The molecule has 1 N–H and O–H groups in total. The monoisotopic (exact) mass is 314 g/mol. The van der Waals surface area contributed by atoms with Crippen LogP contribution >= 0.6 is 0 Å². The second-order valence-electron chi connectivity index (χ2n) is 7.96. The zero-order valence-electron chi connectivity index (χ0n) is 15.2. The molecule has 0 aliphatic heterocycles. The second-order valence-corrected chi connectivity index (χ2v) is 7.96. The first kappa shape index (κ1) is 21.5. The van der Waals surface area contributed by atoms with Crippen molar-refractivity contribution >= 4 is 5.97 Å². The molecule has 3 nitrogen and oxygen atoms in total. The fraction of sp³-hybridized carbons (Fsp3) is 0.611. The van der Waals surface area contributed by atoms with E-state index in [1.165, 1.54) is 0 Å². The van der Waals surface area contributed by atoms with Crippen LogP contribution in [0.5, 0.6) is 5.75 Å². The van der Waals surface area contributed by atoms with Crippen LogP contribution in [0.3, 0.4) is 0 Å². The maximum Gasteiger partial charge on any atom is 1.00 e. The van der Waals surface area contributed by atoms with Crippen molar-refractivity contribution in [2.45, 2.75) is 65.7 Å². The van der Waals surface area contributed by atoms with Gasteiger partial charge in [0.15, 0.2) is 0 Å². The topological polar surface area (TPSA) is 60.4 Å². The number of carboxylic acid groups (broad SMARTS) is 1. The normalized spacial score (nSPS) is 13.4. The fourth-order valence-electron chi connectivity index (χ4n) is 2.36. The van der Waals surface area contributed by atoms with E-state index in [1.807, 2.05) is 53.7 Å². The van der Waals surface area contributed by atoms with Crippen LogP contribution in [0.15, 0.2) is 12.1 Å². The summed E-state index contributed by atoms with van der Waals surface area (Å²) in [6, 6.07) is 3.77. The van der Waals surface area contributed by atoms with Crippen molar-refractivity contribution in [2.75, 3.05) is 0 Å². The number of rotatable bonds is 3. The van der Waals surface area contributed by atoms with Crippen molar-refractivity contribution in [3.8, 4) is 5.75 Å². The van der Waals surface area contributed by atoms with Crippen LogP contribution in [-0.4, -0.2) is 11.1 Å². The van der Waals surface area contributed by atoms with Crippen molar-refractivity contribution in [2.24, 2.45) is 5.92 Å². The molecule has 0 aliphatic carbocycles. The van der Waals surface area contributed by atoms with E-state index in [0.717, 1.165) is 16.7 Å². The standard InChI is InChI=1S/C18H28O3.Na/c1-11(16(20)21)8-12-9-13(17(2,3)4)15(19)14(10-12)18(5,6)7;/h9-11,19H,8H2,1-7H3,(H,20,21);/q;+1/p-1. The Kier molecular flexibility index (Phi) is 7.20. The molecule has 118 valence electrons. The van der Waals surface area contributed by atoms with Crippen LogP contribution in [0, 0.1) is 5.92 Å². The van der Waals surface area contributed by atoms with Crippen molar-refractivity contribution in [3.63, 3.8) is 0 Å². The summed E-state index contributed by atoms with van der Waals surface area (Å²) in [6.07, 6.45) is 0.446. The predicted molar refractivity (Wildman–Crippen MR) is 83.8 cm³/mol. The minimum atomic E-state index is -0.809. The number of carbonyl (C=O) groups is 1. The van der Waals surface area contributed by atoms with E-state index in [2.05, 4.69) is 0 Å². The quantitative estimate of drug-likeness (QED) is 0.832. The third kappa shape index (κ3) is 5.29. The molecule has 0 saturated carbocycles. The largest absolute Gasteiger partial charge is 1.00 e. The van der Waals surface area contributed by atoms with Gasteiger partial charge in [0, 0.05) is 0 Å². The summed E-state index contributed by atoms with van der Waals surface area (Å²) in [5.74, 6) is -1.18. The molecule has 4 heteroatoms. The molecule has 0 bridgehead atoms. The third-order valence-corrected chi connectivity index (χ3v) is 3.73. The average Bonchev–Trinajstić information content (AvgIpc) is 2.27. The van der Waals surface area contributed by atoms with E-state index in [4.69, 9.17) is 5.11 Å². The molecule has 0 amide bonds.